The molecule has 6 nitrogen and oxygen atoms in total. The quantitative estimate of drug-likeness (QED) is 0.574. The number of anilines is 2. The standard InChI is InChI=1S/C21H17N5O/c1-27-18-8-6-17(7-9-18)24-20-12-19(15-4-2-10-22-13-15)25-21(26-20)16-5-3-11-23-14-16/h2-14H,1H3,(H,24,25,26). The maximum atomic E-state index is 5.21. The van der Waals surface area contributed by atoms with Gasteiger partial charge in [0, 0.05) is 47.7 Å². The molecule has 0 spiro atoms. The molecule has 0 saturated heterocycles. The Balaban J connectivity index is 1.75. The van der Waals surface area contributed by atoms with Gasteiger partial charge in [-0.1, -0.05) is 0 Å². The first-order valence-electron chi connectivity index (χ1n) is 8.43. The highest BCUT2D eigenvalue weighted by Crippen LogP contribution is 2.26. The number of pyridine rings is 2. The van der Waals surface area contributed by atoms with Crippen LogP contribution in [0.4, 0.5) is 11.5 Å². The SMILES string of the molecule is COc1ccc(Nc2cc(-c3cccnc3)nc(-c3cccnc3)n2)cc1. The van der Waals surface area contributed by atoms with Crippen molar-refractivity contribution in [1.82, 2.24) is 19.9 Å². The zero-order valence-electron chi connectivity index (χ0n) is 14.7. The van der Waals surface area contributed by atoms with Crippen LogP contribution < -0.4 is 10.1 Å². The number of rotatable bonds is 5. The fourth-order valence-corrected chi connectivity index (χ4v) is 2.62. The van der Waals surface area contributed by atoms with Gasteiger partial charge in [-0.25, -0.2) is 9.97 Å². The predicted molar refractivity (Wildman–Crippen MR) is 105 cm³/mol. The van der Waals surface area contributed by atoms with Crippen molar-refractivity contribution >= 4 is 11.5 Å². The Bertz CT molecular complexity index is 964. The zero-order chi connectivity index (χ0) is 18.5. The van der Waals surface area contributed by atoms with E-state index >= 15 is 0 Å². The monoisotopic (exact) mass is 355 g/mol. The summed E-state index contributed by atoms with van der Waals surface area (Å²) in [7, 11) is 1.65. The number of nitrogens with one attached hydrogen (secondary N) is 1. The third-order valence-electron chi connectivity index (χ3n) is 3.97. The number of nitrogens with zero attached hydrogens (tertiary/aromatic N) is 4. The van der Waals surface area contributed by atoms with Crippen LogP contribution in [-0.2, 0) is 0 Å². The molecule has 3 heterocycles. The Morgan fingerprint density at radius 1 is 0.815 bits per heavy atom. The summed E-state index contributed by atoms with van der Waals surface area (Å²) in [6.45, 7) is 0. The Hall–Kier alpha value is -3.80. The first-order chi connectivity index (χ1) is 13.3. The Kier molecular flexibility index (Phi) is 4.70. The van der Waals surface area contributed by atoms with Gasteiger partial charge in [0.25, 0.3) is 0 Å². The van der Waals surface area contributed by atoms with E-state index in [9.17, 15) is 0 Å². The van der Waals surface area contributed by atoms with Gasteiger partial charge in [-0.05, 0) is 48.5 Å². The molecule has 0 aliphatic heterocycles. The molecular formula is C21H17N5O. The maximum absolute atomic E-state index is 5.21. The van der Waals surface area contributed by atoms with Crippen molar-refractivity contribution in [2.45, 2.75) is 0 Å². The fourth-order valence-electron chi connectivity index (χ4n) is 2.62. The molecule has 0 aliphatic rings. The Morgan fingerprint density at radius 2 is 1.52 bits per heavy atom. The van der Waals surface area contributed by atoms with Crippen LogP contribution in [0.5, 0.6) is 5.75 Å². The molecule has 0 radical (unpaired) electrons. The van der Waals surface area contributed by atoms with Crippen LogP contribution in [-0.4, -0.2) is 27.0 Å². The largest absolute Gasteiger partial charge is 0.497 e. The third kappa shape index (κ3) is 3.90. The number of hydrogen-bond donors (Lipinski definition) is 1. The molecule has 0 saturated carbocycles. The summed E-state index contributed by atoms with van der Waals surface area (Å²) in [5.41, 5.74) is 3.46. The van der Waals surface area contributed by atoms with Crippen LogP contribution in [0.15, 0.2) is 79.4 Å². The lowest BCUT2D eigenvalue weighted by Gasteiger charge is -2.11. The molecule has 27 heavy (non-hydrogen) atoms. The second kappa shape index (κ2) is 7.61. The fraction of sp³-hybridized carbons (Fsp3) is 0.0476. The topological polar surface area (TPSA) is 72.8 Å². The van der Waals surface area contributed by atoms with Gasteiger partial charge < -0.3 is 10.1 Å². The number of hydrogen-bond acceptors (Lipinski definition) is 6. The van der Waals surface area contributed by atoms with Crippen molar-refractivity contribution < 1.29 is 4.74 Å². The van der Waals surface area contributed by atoms with E-state index in [-0.39, 0.29) is 0 Å². The van der Waals surface area contributed by atoms with E-state index in [1.54, 1.807) is 31.9 Å². The van der Waals surface area contributed by atoms with E-state index in [1.807, 2.05) is 54.6 Å². The molecule has 0 bridgehead atoms. The van der Waals surface area contributed by atoms with Crippen LogP contribution in [0.2, 0.25) is 0 Å². The first-order valence-corrected chi connectivity index (χ1v) is 8.43. The second-order valence-corrected chi connectivity index (χ2v) is 5.80. The summed E-state index contributed by atoms with van der Waals surface area (Å²) in [5.74, 6) is 2.09. The van der Waals surface area contributed by atoms with E-state index in [0.29, 0.717) is 11.6 Å². The van der Waals surface area contributed by atoms with Gasteiger partial charge in [0.15, 0.2) is 5.82 Å². The maximum Gasteiger partial charge on any atom is 0.163 e. The molecule has 0 unspecified atom stereocenters. The van der Waals surface area contributed by atoms with E-state index in [0.717, 1.165) is 28.3 Å². The Morgan fingerprint density at radius 3 is 2.15 bits per heavy atom. The molecular weight excluding hydrogens is 338 g/mol. The van der Waals surface area contributed by atoms with Gasteiger partial charge in [-0.3, -0.25) is 9.97 Å². The summed E-state index contributed by atoms with van der Waals surface area (Å²) in [5, 5.41) is 3.33. The first kappa shape index (κ1) is 16.7. The lowest BCUT2D eigenvalue weighted by Crippen LogP contribution is -1.99. The minimum Gasteiger partial charge on any atom is -0.497 e. The highest BCUT2D eigenvalue weighted by atomic mass is 16.5. The lowest BCUT2D eigenvalue weighted by atomic mass is 10.2. The molecule has 0 amide bonds. The molecule has 0 fully saturated rings. The van der Waals surface area contributed by atoms with E-state index in [4.69, 9.17) is 9.72 Å². The van der Waals surface area contributed by atoms with Crippen molar-refractivity contribution in [3.8, 4) is 28.4 Å². The number of methoxy groups -OCH3 is 1. The minimum absolute atomic E-state index is 0.598. The third-order valence-corrected chi connectivity index (χ3v) is 3.97. The van der Waals surface area contributed by atoms with Crippen molar-refractivity contribution in [3.05, 3.63) is 79.4 Å². The van der Waals surface area contributed by atoms with Crippen LogP contribution in [0.1, 0.15) is 0 Å². The number of benzene rings is 1. The molecule has 4 rings (SSSR count). The van der Waals surface area contributed by atoms with Gasteiger partial charge >= 0.3 is 0 Å². The van der Waals surface area contributed by atoms with E-state index < -0.39 is 0 Å². The highest BCUT2D eigenvalue weighted by Gasteiger charge is 2.09. The second-order valence-electron chi connectivity index (χ2n) is 5.80. The molecule has 3 aromatic heterocycles. The molecule has 0 atom stereocenters. The van der Waals surface area contributed by atoms with Gasteiger partial charge in [0.2, 0.25) is 0 Å². The minimum atomic E-state index is 0.598. The van der Waals surface area contributed by atoms with Crippen molar-refractivity contribution in [1.29, 1.82) is 0 Å². The highest BCUT2D eigenvalue weighted by molar-refractivity contribution is 5.69. The molecule has 1 N–H and O–H groups in total. The van der Waals surface area contributed by atoms with Gasteiger partial charge in [0.1, 0.15) is 11.6 Å². The molecule has 1 aromatic carbocycles. The van der Waals surface area contributed by atoms with Crippen molar-refractivity contribution in [2.24, 2.45) is 0 Å². The molecule has 6 heteroatoms. The number of ether oxygens (including phenoxy) is 1. The smallest absolute Gasteiger partial charge is 0.163 e. The average molecular weight is 355 g/mol. The summed E-state index contributed by atoms with van der Waals surface area (Å²) < 4.78 is 5.21. The van der Waals surface area contributed by atoms with Gasteiger partial charge in [-0.15, -0.1) is 0 Å². The molecule has 0 aliphatic carbocycles. The van der Waals surface area contributed by atoms with Crippen molar-refractivity contribution in [2.75, 3.05) is 12.4 Å². The zero-order valence-corrected chi connectivity index (χ0v) is 14.7. The average Bonchev–Trinajstić information content (AvgIpc) is 2.75. The summed E-state index contributed by atoms with van der Waals surface area (Å²) in [6, 6.07) is 17.2. The van der Waals surface area contributed by atoms with Crippen LogP contribution in [0.3, 0.4) is 0 Å². The van der Waals surface area contributed by atoms with Crippen LogP contribution in [0, 0.1) is 0 Å². The lowest BCUT2D eigenvalue weighted by molar-refractivity contribution is 0.415. The van der Waals surface area contributed by atoms with Crippen molar-refractivity contribution in [3.63, 3.8) is 0 Å². The molecule has 4 aromatic rings. The van der Waals surface area contributed by atoms with Crippen LogP contribution >= 0.6 is 0 Å². The van der Waals surface area contributed by atoms with Gasteiger partial charge in [-0.2, -0.15) is 0 Å². The summed E-state index contributed by atoms with van der Waals surface area (Å²) in [4.78, 5) is 17.7. The van der Waals surface area contributed by atoms with E-state index in [1.165, 1.54) is 0 Å². The summed E-state index contributed by atoms with van der Waals surface area (Å²) >= 11 is 0. The van der Waals surface area contributed by atoms with Gasteiger partial charge in [0.05, 0.1) is 12.8 Å². The normalized spacial score (nSPS) is 10.4. The summed E-state index contributed by atoms with van der Waals surface area (Å²) in [6.07, 6.45) is 7.00. The number of aromatic nitrogens is 4. The molecule has 132 valence electrons. The van der Waals surface area contributed by atoms with E-state index in [2.05, 4.69) is 20.3 Å². The van der Waals surface area contributed by atoms with Crippen LogP contribution in [0.25, 0.3) is 22.6 Å². The Labute approximate surface area is 157 Å². The predicted octanol–water partition coefficient (Wildman–Crippen LogP) is 4.35.